The number of carboxylic acid groups (broad SMARTS) is 1. The summed E-state index contributed by atoms with van der Waals surface area (Å²) in [6.45, 7) is 0.198. The van der Waals surface area contributed by atoms with Crippen molar-refractivity contribution < 1.29 is 26.7 Å². The van der Waals surface area contributed by atoms with Crippen LogP contribution in [0.15, 0.2) is 88.7 Å². The van der Waals surface area contributed by atoms with Crippen LogP contribution in [-0.4, -0.2) is 39.3 Å². The van der Waals surface area contributed by atoms with E-state index in [1.807, 2.05) is 30.3 Å². The molecule has 2 N–H and O–H groups in total. The molecule has 3 aromatic rings. The van der Waals surface area contributed by atoms with Crippen molar-refractivity contribution in [2.45, 2.75) is 16.3 Å². The van der Waals surface area contributed by atoms with Crippen LogP contribution in [-0.2, 0) is 26.6 Å². The molecule has 31 heavy (non-hydrogen) atoms. The molecule has 0 amide bonds. The van der Waals surface area contributed by atoms with E-state index in [0.29, 0.717) is 0 Å². The van der Waals surface area contributed by atoms with Gasteiger partial charge >= 0.3 is 5.97 Å². The number of carbonyl (C=O) groups is 1. The first-order chi connectivity index (χ1) is 14.6. The Morgan fingerprint density at radius 3 is 1.94 bits per heavy atom. The van der Waals surface area contributed by atoms with Gasteiger partial charge in [0.1, 0.15) is 0 Å². The van der Waals surface area contributed by atoms with E-state index in [0.717, 1.165) is 5.56 Å². The number of hydrogen-bond donors (Lipinski definition) is 2. The minimum absolute atomic E-state index is 0.0275. The van der Waals surface area contributed by atoms with Gasteiger partial charge < -0.3 is 5.11 Å². The first-order valence-corrected chi connectivity index (χ1v) is 12.0. The fourth-order valence-electron chi connectivity index (χ4n) is 2.79. The predicted octanol–water partition coefficient (Wildman–Crippen LogP) is 3.01. The van der Waals surface area contributed by atoms with Crippen LogP contribution in [0.2, 0.25) is 0 Å². The zero-order valence-corrected chi connectivity index (χ0v) is 18.1. The summed E-state index contributed by atoms with van der Waals surface area (Å²) in [5.74, 6) is -1.16. The average Bonchev–Trinajstić information content (AvgIpc) is 2.74. The van der Waals surface area contributed by atoms with Gasteiger partial charge in [0.05, 0.1) is 15.4 Å². The summed E-state index contributed by atoms with van der Waals surface area (Å²) in [5, 5.41) is 8.91. The Kier molecular flexibility index (Phi) is 6.44. The maximum absolute atomic E-state index is 12.8. The van der Waals surface area contributed by atoms with Gasteiger partial charge in [-0.2, -0.15) is 4.31 Å². The van der Waals surface area contributed by atoms with Crippen molar-refractivity contribution in [3.05, 3.63) is 90.0 Å². The largest absolute Gasteiger partial charge is 0.478 e. The lowest BCUT2D eigenvalue weighted by molar-refractivity contribution is 0.0696. The Morgan fingerprint density at radius 2 is 1.39 bits per heavy atom. The van der Waals surface area contributed by atoms with E-state index in [1.165, 1.54) is 59.9 Å². The van der Waals surface area contributed by atoms with E-state index < -0.39 is 26.0 Å². The van der Waals surface area contributed by atoms with E-state index in [2.05, 4.69) is 4.72 Å². The van der Waals surface area contributed by atoms with Crippen molar-refractivity contribution in [3.63, 3.8) is 0 Å². The molecule has 0 atom stereocenters. The molecule has 0 saturated carbocycles. The number of aromatic carboxylic acids is 1. The number of anilines is 1. The number of benzene rings is 3. The molecule has 0 saturated heterocycles. The lowest BCUT2D eigenvalue weighted by Gasteiger charge is -2.17. The summed E-state index contributed by atoms with van der Waals surface area (Å²) in [6, 6.07) is 19.2. The van der Waals surface area contributed by atoms with E-state index in [-0.39, 0.29) is 27.6 Å². The van der Waals surface area contributed by atoms with Crippen molar-refractivity contribution in [2.75, 3.05) is 11.8 Å². The summed E-state index contributed by atoms with van der Waals surface area (Å²) in [6.07, 6.45) is 0. The van der Waals surface area contributed by atoms with Crippen molar-refractivity contribution in [1.82, 2.24) is 4.31 Å². The Balaban J connectivity index is 1.75. The minimum Gasteiger partial charge on any atom is -0.478 e. The van der Waals surface area contributed by atoms with Gasteiger partial charge in [-0.1, -0.05) is 30.3 Å². The Labute approximate surface area is 180 Å². The number of carboxylic acids is 1. The smallest absolute Gasteiger partial charge is 0.335 e. The van der Waals surface area contributed by atoms with Crippen molar-refractivity contribution in [1.29, 1.82) is 0 Å². The molecule has 0 aliphatic heterocycles. The quantitative estimate of drug-likeness (QED) is 0.533. The zero-order chi connectivity index (χ0) is 22.6. The van der Waals surface area contributed by atoms with Crippen LogP contribution in [0.3, 0.4) is 0 Å². The summed E-state index contributed by atoms with van der Waals surface area (Å²) in [7, 11) is -6.25. The number of hydrogen-bond acceptors (Lipinski definition) is 5. The van der Waals surface area contributed by atoms with Crippen molar-refractivity contribution in [2.24, 2.45) is 0 Å². The van der Waals surface area contributed by atoms with E-state index in [4.69, 9.17) is 5.11 Å². The van der Waals surface area contributed by atoms with Crippen LogP contribution in [0.5, 0.6) is 0 Å². The highest BCUT2D eigenvalue weighted by atomic mass is 32.2. The Hall–Kier alpha value is -3.21. The molecule has 0 heterocycles. The second kappa shape index (κ2) is 8.88. The number of nitrogens with one attached hydrogen (secondary N) is 1. The highest BCUT2D eigenvalue weighted by Crippen LogP contribution is 2.21. The molecule has 0 unspecified atom stereocenters. The molecular weight excluding hydrogens is 440 g/mol. The molecule has 3 aromatic carbocycles. The van der Waals surface area contributed by atoms with Gasteiger partial charge in [0, 0.05) is 19.3 Å². The molecule has 8 nitrogen and oxygen atoms in total. The fourth-order valence-corrected chi connectivity index (χ4v) is 5.01. The SMILES string of the molecule is CN(Cc1ccccc1)S(=O)(=O)c1ccc(NS(=O)(=O)c2ccc(C(=O)O)cc2)cc1. The molecule has 0 aliphatic rings. The molecule has 0 aromatic heterocycles. The minimum atomic E-state index is -3.96. The molecular formula is C21H20N2O6S2. The number of sulfonamides is 2. The maximum Gasteiger partial charge on any atom is 0.335 e. The first-order valence-electron chi connectivity index (χ1n) is 9.06. The third-order valence-electron chi connectivity index (χ3n) is 4.47. The third kappa shape index (κ3) is 5.29. The second-order valence-corrected chi connectivity index (χ2v) is 10.4. The van der Waals surface area contributed by atoms with Gasteiger partial charge in [0.15, 0.2) is 0 Å². The highest BCUT2D eigenvalue weighted by Gasteiger charge is 2.21. The summed E-state index contributed by atoms with van der Waals surface area (Å²) in [5.41, 5.74) is 0.979. The molecule has 3 rings (SSSR count). The first kappa shape index (κ1) is 22.5. The lowest BCUT2D eigenvalue weighted by atomic mass is 10.2. The van der Waals surface area contributed by atoms with Gasteiger partial charge in [-0.15, -0.1) is 0 Å². The van der Waals surface area contributed by atoms with Crippen LogP contribution in [0.4, 0.5) is 5.69 Å². The standard InChI is InChI=1S/C21H20N2O6S2/c1-23(15-16-5-3-2-4-6-16)31(28,29)20-13-9-18(10-14-20)22-30(26,27)19-11-7-17(8-12-19)21(24)25/h2-14,22H,15H2,1H3,(H,24,25). The maximum atomic E-state index is 12.8. The fraction of sp³-hybridized carbons (Fsp3) is 0.0952. The third-order valence-corrected chi connectivity index (χ3v) is 7.69. The van der Waals surface area contributed by atoms with Gasteiger partial charge in [0.25, 0.3) is 10.0 Å². The van der Waals surface area contributed by atoms with Crippen molar-refractivity contribution >= 4 is 31.7 Å². The van der Waals surface area contributed by atoms with Crippen LogP contribution in [0, 0.1) is 0 Å². The van der Waals surface area contributed by atoms with Gasteiger partial charge in [-0.25, -0.2) is 21.6 Å². The molecule has 0 spiro atoms. The topological polar surface area (TPSA) is 121 Å². The van der Waals surface area contributed by atoms with Crippen LogP contribution >= 0.6 is 0 Å². The summed E-state index contributed by atoms with van der Waals surface area (Å²) in [4.78, 5) is 10.8. The lowest BCUT2D eigenvalue weighted by Crippen LogP contribution is -2.26. The molecule has 0 fully saturated rings. The van der Waals surface area contributed by atoms with E-state index in [9.17, 15) is 21.6 Å². The molecule has 162 valence electrons. The normalized spacial score (nSPS) is 11.9. The van der Waals surface area contributed by atoms with E-state index >= 15 is 0 Å². The van der Waals surface area contributed by atoms with Crippen LogP contribution in [0.25, 0.3) is 0 Å². The van der Waals surface area contributed by atoms with Crippen LogP contribution in [0.1, 0.15) is 15.9 Å². The second-order valence-electron chi connectivity index (χ2n) is 6.71. The van der Waals surface area contributed by atoms with Crippen molar-refractivity contribution in [3.8, 4) is 0 Å². The summed E-state index contributed by atoms with van der Waals surface area (Å²) >= 11 is 0. The summed E-state index contributed by atoms with van der Waals surface area (Å²) < 4.78 is 54.1. The van der Waals surface area contributed by atoms with Gasteiger partial charge in [-0.05, 0) is 54.1 Å². The monoisotopic (exact) mass is 460 g/mol. The molecule has 10 heteroatoms. The van der Waals surface area contributed by atoms with E-state index in [1.54, 1.807) is 0 Å². The average molecular weight is 461 g/mol. The number of nitrogens with zero attached hydrogens (tertiary/aromatic N) is 1. The van der Waals surface area contributed by atoms with Gasteiger partial charge in [-0.3, -0.25) is 4.72 Å². The predicted molar refractivity (Wildman–Crippen MR) is 116 cm³/mol. The molecule has 0 bridgehead atoms. The molecule has 0 radical (unpaired) electrons. The highest BCUT2D eigenvalue weighted by molar-refractivity contribution is 7.92. The zero-order valence-electron chi connectivity index (χ0n) is 16.5. The Bertz CT molecular complexity index is 1270. The molecule has 0 aliphatic carbocycles. The van der Waals surface area contributed by atoms with Gasteiger partial charge in [0.2, 0.25) is 10.0 Å². The van der Waals surface area contributed by atoms with Crippen LogP contribution < -0.4 is 4.72 Å². The Morgan fingerprint density at radius 1 is 0.839 bits per heavy atom. The number of rotatable bonds is 8.